The molecule has 0 unspecified atom stereocenters. The van der Waals surface area contributed by atoms with Gasteiger partial charge in [-0.05, 0) is 47.7 Å². The van der Waals surface area contributed by atoms with Crippen molar-refractivity contribution in [3.05, 3.63) is 29.8 Å². The van der Waals surface area contributed by atoms with E-state index in [0.29, 0.717) is 12.0 Å². The number of benzene rings is 1. The molecule has 0 aromatic heterocycles. The fraction of sp³-hybridized carbons (Fsp3) is 0.625. The molecule has 1 aromatic carbocycles. The molecule has 2 rings (SSSR count). The van der Waals surface area contributed by atoms with Gasteiger partial charge in [0.15, 0.2) is 0 Å². The molecule has 1 saturated carbocycles. The van der Waals surface area contributed by atoms with Crippen LogP contribution >= 0.6 is 11.8 Å². The standard InChI is InChI=1S/C16H22F3NS/c1-15(9-3-2-4-10-15)12-20-11-13-5-7-14(8-6-13)21-16(17,18)19/h5-8,20H,2-4,9-12H2,1H3. The van der Waals surface area contributed by atoms with Crippen LogP contribution in [0.15, 0.2) is 29.2 Å². The van der Waals surface area contributed by atoms with Crippen LogP contribution in [0.5, 0.6) is 0 Å². The first-order chi connectivity index (χ1) is 9.86. The Bertz CT molecular complexity index is 436. The summed E-state index contributed by atoms with van der Waals surface area (Å²) in [5.41, 5.74) is -2.81. The molecule has 1 nitrogen and oxygen atoms in total. The van der Waals surface area contributed by atoms with Crippen LogP contribution in [-0.4, -0.2) is 12.1 Å². The van der Waals surface area contributed by atoms with Crippen molar-refractivity contribution < 1.29 is 13.2 Å². The number of alkyl halides is 3. The Kier molecular flexibility index (Phi) is 5.60. The van der Waals surface area contributed by atoms with Crippen molar-refractivity contribution in [3.8, 4) is 0 Å². The van der Waals surface area contributed by atoms with Gasteiger partial charge in [0.1, 0.15) is 0 Å². The van der Waals surface area contributed by atoms with Gasteiger partial charge in [-0.15, -0.1) is 0 Å². The van der Waals surface area contributed by atoms with Gasteiger partial charge in [0.2, 0.25) is 0 Å². The lowest BCUT2D eigenvalue weighted by atomic mass is 9.76. The maximum absolute atomic E-state index is 12.2. The van der Waals surface area contributed by atoms with E-state index in [0.717, 1.165) is 12.1 Å². The van der Waals surface area contributed by atoms with E-state index < -0.39 is 5.51 Å². The molecular formula is C16H22F3NS. The Morgan fingerprint density at radius 1 is 1.10 bits per heavy atom. The van der Waals surface area contributed by atoms with E-state index in [1.54, 1.807) is 12.1 Å². The predicted molar refractivity (Wildman–Crippen MR) is 81.3 cm³/mol. The summed E-state index contributed by atoms with van der Waals surface area (Å²) >= 11 is -0.0650. The van der Waals surface area contributed by atoms with E-state index in [2.05, 4.69) is 12.2 Å². The predicted octanol–water partition coefficient (Wildman–Crippen LogP) is 5.36. The summed E-state index contributed by atoms with van der Waals surface area (Å²) in [5.74, 6) is 0. The Morgan fingerprint density at radius 3 is 2.29 bits per heavy atom. The largest absolute Gasteiger partial charge is 0.446 e. The van der Waals surface area contributed by atoms with Crippen molar-refractivity contribution in [1.29, 1.82) is 0 Å². The van der Waals surface area contributed by atoms with E-state index in [4.69, 9.17) is 0 Å². The van der Waals surface area contributed by atoms with Gasteiger partial charge in [-0.25, -0.2) is 0 Å². The molecule has 1 aromatic rings. The molecule has 0 spiro atoms. The number of nitrogens with one attached hydrogen (secondary N) is 1. The maximum atomic E-state index is 12.2. The van der Waals surface area contributed by atoms with E-state index >= 15 is 0 Å². The second-order valence-corrected chi connectivity index (χ2v) is 7.31. The normalized spacial score (nSPS) is 18.7. The summed E-state index contributed by atoms with van der Waals surface area (Å²) in [7, 11) is 0. The fourth-order valence-electron chi connectivity index (χ4n) is 2.90. The molecule has 1 aliphatic rings. The third-order valence-corrected chi connectivity index (χ3v) is 4.84. The van der Waals surface area contributed by atoms with Crippen LogP contribution in [0.2, 0.25) is 0 Å². The van der Waals surface area contributed by atoms with Crippen molar-refractivity contribution in [1.82, 2.24) is 5.32 Å². The monoisotopic (exact) mass is 317 g/mol. The van der Waals surface area contributed by atoms with Gasteiger partial charge >= 0.3 is 5.51 Å². The summed E-state index contributed by atoms with van der Waals surface area (Å²) in [6.45, 7) is 4.01. The van der Waals surface area contributed by atoms with Gasteiger partial charge in [-0.1, -0.05) is 38.3 Å². The van der Waals surface area contributed by atoms with E-state index in [1.165, 1.54) is 44.2 Å². The van der Waals surface area contributed by atoms with Crippen molar-refractivity contribution in [2.75, 3.05) is 6.54 Å². The highest BCUT2D eigenvalue weighted by atomic mass is 32.2. The molecule has 0 amide bonds. The first kappa shape index (κ1) is 16.7. The number of hydrogen-bond acceptors (Lipinski definition) is 2. The quantitative estimate of drug-likeness (QED) is 0.734. The molecule has 21 heavy (non-hydrogen) atoms. The highest BCUT2D eigenvalue weighted by Crippen LogP contribution is 2.37. The van der Waals surface area contributed by atoms with Crippen molar-refractivity contribution in [3.63, 3.8) is 0 Å². The molecule has 5 heteroatoms. The zero-order valence-electron chi connectivity index (χ0n) is 12.3. The van der Waals surface area contributed by atoms with E-state index in [9.17, 15) is 13.2 Å². The number of halogens is 3. The third-order valence-electron chi connectivity index (χ3n) is 4.10. The lowest BCUT2D eigenvalue weighted by Crippen LogP contribution is -2.33. The van der Waals surface area contributed by atoms with Crippen molar-refractivity contribution >= 4 is 11.8 Å². The Labute approximate surface area is 128 Å². The SMILES string of the molecule is CC1(CNCc2ccc(SC(F)(F)F)cc2)CCCCC1. The van der Waals surface area contributed by atoms with Crippen molar-refractivity contribution in [2.24, 2.45) is 5.41 Å². The number of thioether (sulfide) groups is 1. The molecule has 0 bridgehead atoms. The second kappa shape index (κ2) is 7.05. The maximum Gasteiger partial charge on any atom is 0.446 e. The molecule has 0 aliphatic heterocycles. The van der Waals surface area contributed by atoms with Gasteiger partial charge in [0.25, 0.3) is 0 Å². The summed E-state index contributed by atoms with van der Waals surface area (Å²) in [6, 6.07) is 6.61. The summed E-state index contributed by atoms with van der Waals surface area (Å²) in [5, 5.41) is 3.45. The minimum atomic E-state index is -4.21. The van der Waals surface area contributed by atoms with Crippen LogP contribution in [0.25, 0.3) is 0 Å². The molecule has 1 N–H and O–H groups in total. The number of hydrogen-bond donors (Lipinski definition) is 1. The molecular weight excluding hydrogens is 295 g/mol. The minimum absolute atomic E-state index is 0.0650. The lowest BCUT2D eigenvalue weighted by molar-refractivity contribution is -0.0328. The molecule has 1 fully saturated rings. The number of rotatable bonds is 5. The molecule has 0 saturated heterocycles. The third kappa shape index (κ3) is 5.91. The molecule has 1 aliphatic carbocycles. The summed E-state index contributed by atoms with van der Waals surface area (Å²) in [6.07, 6.45) is 6.49. The zero-order valence-corrected chi connectivity index (χ0v) is 13.1. The average molecular weight is 317 g/mol. The van der Waals surface area contributed by atoms with Crippen LogP contribution < -0.4 is 5.32 Å². The van der Waals surface area contributed by atoms with Crippen LogP contribution in [0.3, 0.4) is 0 Å². The van der Waals surface area contributed by atoms with Crippen molar-refractivity contribution in [2.45, 2.75) is 56.0 Å². The summed E-state index contributed by atoms with van der Waals surface area (Å²) < 4.78 is 36.7. The van der Waals surface area contributed by atoms with Crippen LogP contribution in [-0.2, 0) is 6.54 Å². The van der Waals surface area contributed by atoms with E-state index in [1.807, 2.05) is 0 Å². The Hall–Kier alpha value is -0.680. The first-order valence-corrected chi connectivity index (χ1v) is 8.23. The Morgan fingerprint density at radius 2 is 1.71 bits per heavy atom. The smallest absolute Gasteiger partial charge is 0.312 e. The average Bonchev–Trinajstić information content (AvgIpc) is 2.40. The minimum Gasteiger partial charge on any atom is -0.312 e. The second-order valence-electron chi connectivity index (χ2n) is 6.17. The fourth-order valence-corrected chi connectivity index (χ4v) is 3.44. The van der Waals surface area contributed by atoms with Gasteiger partial charge in [0, 0.05) is 18.0 Å². The Balaban J connectivity index is 1.78. The molecule has 0 radical (unpaired) electrons. The van der Waals surface area contributed by atoms with Gasteiger partial charge in [-0.2, -0.15) is 13.2 Å². The van der Waals surface area contributed by atoms with Gasteiger partial charge < -0.3 is 5.32 Å². The topological polar surface area (TPSA) is 12.0 Å². The van der Waals surface area contributed by atoms with Crippen LogP contribution in [0.1, 0.15) is 44.6 Å². The van der Waals surface area contributed by atoms with Crippen LogP contribution in [0, 0.1) is 5.41 Å². The lowest BCUT2D eigenvalue weighted by Gasteiger charge is -2.33. The van der Waals surface area contributed by atoms with Gasteiger partial charge in [0.05, 0.1) is 0 Å². The van der Waals surface area contributed by atoms with E-state index in [-0.39, 0.29) is 16.7 Å². The zero-order chi connectivity index (χ0) is 15.3. The first-order valence-electron chi connectivity index (χ1n) is 7.42. The molecule has 0 heterocycles. The molecule has 118 valence electrons. The molecule has 0 atom stereocenters. The highest BCUT2D eigenvalue weighted by Gasteiger charge is 2.29. The van der Waals surface area contributed by atoms with Gasteiger partial charge in [-0.3, -0.25) is 0 Å². The van der Waals surface area contributed by atoms with Crippen LogP contribution in [0.4, 0.5) is 13.2 Å². The summed E-state index contributed by atoms with van der Waals surface area (Å²) in [4.78, 5) is 0.241. The highest BCUT2D eigenvalue weighted by molar-refractivity contribution is 8.00.